The first-order valence-electron chi connectivity index (χ1n) is 6.63. The molecule has 1 N–H and O–H groups in total. The minimum atomic E-state index is -4.95. The van der Waals surface area contributed by atoms with Crippen molar-refractivity contribution in [3.63, 3.8) is 0 Å². The van der Waals surface area contributed by atoms with Crippen LogP contribution in [0.25, 0.3) is 0 Å². The molecule has 2 aromatic rings. The normalized spacial score (nSPS) is 11.2. The molecule has 0 bridgehead atoms. The second kappa shape index (κ2) is 7.04. The van der Waals surface area contributed by atoms with Gasteiger partial charge in [0.05, 0.1) is 17.5 Å². The van der Waals surface area contributed by atoms with Crippen LogP contribution in [0.15, 0.2) is 42.5 Å². The Morgan fingerprint density at radius 3 is 2.25 bits per heavy atom. The van der Waals surface area contributed by atoms with Gasteiger partial charge in [-0.1, -0.05) is 42.5 Å². The van der Waals surface area contributed by atoms with Crippen LogP contribution in [0.5, 0.6) is 0 Å². The molecule has 0 saturated carbocycles. The number of halogens is 5. The van der Waals surface area contributed by atoms with Crippen LogP contribution in [0, 0.1) is 11.6 Å². The van der Waals surface area contributed by atoms with E-state index in [0.717, 1.165) is 0 Å². The standard InChI is InChI=1S/C16H10F5NOS/c17-11-7-6-10(16(19,20)21)13(14(11)18)15(24)22-12(23)8-9-4-2-1-3-5-9/h1-7H,8H2,(H,22,23,24). The molecule has 0 spiro atoms. The molecule has 0 radical (unpaired) electrons. The van der Waals surface area contributed by atoms with E-state index < -0.39 is 39.8 Å². The molecule has 1 amide bonds. The number of carbonyl (C=O) groups is 1. The Labute approximate surface area is 139 Å². The van der Waals surface area contributed by atoms with Gasteiger partial charge in [0, 0.05) is 0 Å². The van der Waals surface area contributed by atoms with Crippen molar-refractivity contribution < 1.29 is 26.7 Å². The Kier molecular flexibility index (Phi) is 5.28. The molecule has 2 aromatic carbocycles. The van der Waals surface area contributed by atoms with Crippen LogP contribution < -0.4 is 5.32 Å². The maximum absolute atomic E-state index is 13.8. The Hall–Kier alpha value is -2.35. The Morgan fingerprint density at radius 2 is 1.67 bits per heavy atom. The number of thiocarbonyl (C=S) groups is 1. The zero-order chi connectivity index (χ0) is 17.9. The minimum Gasteiger partial charge on any atom is -0.316 e. The quantitative estimate of drug-likeness (QED) is 0.663. The summed E-state index contributed by atoms with van der Waals surface area (Å²) in [5.41, 5.74) is -2.04. The average molecular weight is 359 g/mol. The van der Waals surface area contributed by atoms with Crippen molar-refractivity contribution in [3.8, 4) is 0 Å². The number of hydrogen-bond acceptors (Lipinski definition) is 2. The van der Waals surface area contributed by atoms with E-state index in [-0.39, 0.29) is 6.42 Å². The van der Waals surface area contributed by atoms with Crippen LogP contribution in [0.1, 0.15) is 16.7 Å². The van der Waals surface area contributed by atoms with Gasteiger partial charge >= 0.3 is 6.18 Å². The second-order valence-electron chi connectivity index (χ2n) is 4.82. The Bertz CT molecular complexity index is 774. The van der Waals surface area contributed by atoms with Crippen LogP contribution in [-0.4, -0.2) is 10.9 Å². The van der Waals surface area contributed by atoms with Crippen molar-refractivity contribution in [3.05, 3.63) is 70.8 Å². The molecule has 2 rings (SSSR count). The zero-order valence-corrected chi connectivity index (χ0v) is 12.8. The van der Waals surface area contributed by atoms with Gasteiger partial charge in [0.15, 0.2) is 11.6 Å². The van der Waals surface area contributed by atoms with Crippen LogP contribution in [-0.2, 0) is 17.4 Å². The SMILES string of the molecule is O=C(Cc1ccccc1)NC(=S)c1c(C(F)(F)F)ccc(F)c1F. The van der Waals surface area contributed by atoms with E-state index in [1.807, 2.05) is 5.32 Å². The molecule has 0 atom stereocenters. The van der Waals surface area contributed by atoms with Crippen molar-refractivity contribution in [2.45, 2.75) is 12.6 Å². The molecule has 0 aliphatic carbocycles. The second-order valence-corrected chi connectivity index (χ2v) is 5.23. The molecular formula is C16H10F5NOS. The van der Waals surface area contributed by atoms with E-state index in [1.54, 1.807) is 30.3 Å². The summed E-state index contributed by atoms with van der Waals surface area (Å²) in [5.74, 6) is -3.98. The van der Waals surface area contributed by atoms with E-state index in [0.29, 0.717) is 17.7 Å². The summed E-state index contributed by atoms with van der Waals surface area (Å²) in [6.45, 7) is 0. The van der Waals surface area contributed by atoms with Crippen molar-refractivity contribution in [1.29, 1.82) is 0 Å². The lowest BCUT2D eigenvalue weighted by Gasteiger charge is -2.15. The lowest BCUT2D eigenvalue weighted by atomic mass is 10.1. The highest BCUT2D eigenvalue weighted by molar-refractivity contribution is 7.80. The summed E-state index contributed by atoms with van der Waals surface area (Å²) >= 11 is 4.68. The third-order valence-electron chi connectivity index (χ3n) is 3.09. The number of amides is 1. The molecule has 0 aliphatic heterocycles. The van der Waals surface area contributed by atoms with E-state index in [2.05, 4.69) is 12.2 Å². The molecule has 24 heavy (non-hydrogen) atoms. The smallest absolute Gasteiger partial charge is 0.316 e. The number of benzene rings is 2. The molecular weight excluding hydrogens is 349 g/mol. The summed E-state index contributed by atoms with van der Waals surface area (Å²) in [4.78, 5) is 11.0. The van der Waals surface area contributed by atoms with Gasteiger partial charge in [0.2, 0.25) is 5.91 Å². The van der Waals surface area contributed by atoms with E-state index in [4.69, 9.17) is 0 Å². The van der Waals surface area contributed by atoms with Gasteiger partial charge < -0.3 is 5.32 Å². The highest BCUT2D eigenvalue weighted by atomic mass is 32.1. The molecule has 0 aromatic heterocycles. The van der Waals surface area contributed by atoms with Crippen LogP contribution in [0.3, 0.4) is 0 Å². The van der Waals surface area contributed by atoms with Gasteiger partial charge in [-0.3, -0.25) is 4.79 Å². The van der Waals surface area contributed by atoms with Crippen molar-refractivity contribution in [1.82, 2.24) is 5.32 Å². The largest absolute Gasteiger partial charge is 0.417 e. The third kappa shape index (κ3) is 4.14. The van der Waals surface area contributed by atoms with Gasteiger partial charge in [0.1, 0.15) is 4.99 Å². The minimum absolute atomic E-state index is 0.167. The average Bonchev–Trinajstić information content (AvgIpc) is 2.49. The zero-order valence-electron chi connectivity index (χ0n) is 12.0. The van der Waals surface area contributed by atoms with Crippen molar-refractivity contribution in [2.24, 2.45) is 0 Å². The van der Waals surface area contributed by atoms with Gasteiger partial charge in [-0.15, -0.1) is 0 Å². The first-order chi connectivity index (χ1) is 11.2. The van der Waals surface area contributed by atoms with Crippen LogP contribution >= 0.6 is 12.2 Å². The maximum atomic E-state index is 13.8. The highest BCUT2D eigenvalue weighted by Crippen LogP contribution is 2.34. The topological polar surface area (TPSA) is 29.1 Å². The molecule has 0 saturated heterocycles. The third-order valence-corrected chi connectivity index (χ3v) is 3.39. The predicted molar refractivity (Wildman–Crippen MR) is 81.3 cm³/mol. The predicted octanol–water partition coefficient (Wildman–Crippen LogP) is 4.02. The number of carbonyl (C=O) groups excluding carboxylic acids is 1. The van der Waals surface area contributed by atoms with Crippen LogP contribution in [0.2, 0.25) is 0 Å². The summed E-state index contributed by atoms with van der Waals surface area (Å²) < 4.78 is 65.9. The summed E-state index contributed by atoms with van der Waals surface area (Å²) in [7, 11) is 0. The van der Waals surface area contributed by atoms with Gasteiger partial charge in [0.25, 0.3) is 0 Å². The Morgan fingerprint density at radius 1 is 1.04 bits per heavy atom. The molecule has 0 fully saturated rings. The number of nitrogens with one attached hydrogen (secondary N) is 1. The van der Waals surface area contributed by atoms with E-state index in [1.165, 1.54) is 0 Å². The molecule has 0 unspecified atom stereocenters. The number of rotatable bonds is 3. The fourth-order valence-corrected chi connectivity index (χ4v) is 2.34. The molecule has 0 aliphatic rings. The van der Waals surface area contributed by atoms with Crippen LogP contribution in [0.4, 0.5) is 22.0 Å². The molecule has 0 heterocycles. The molecule has 126 valence electrons. The fraction of sp³-hybridized carbons (Fsp3) is 0.125. The lowest BCUT2D eigenvalue weighted by molar-refractivity contribution is -0.138. The monoisotopic (exact) mass is 359 g/mol. The van der Waals surface area contributed by atoms with Gasteiger partial charge in [-0.05, 0) is 17.7 Å². The van der Waals surface area contributed by atoms with Crippen molar-refractivity contribution >= 4 is 23.1 Å². The summed E-state index contributed by atoms with van der Waals surface area (Å²) in [6.07, 6.45) is -5.11. The summed E-state index contributed by atoms with van der Waals surface area (Å²) in [6, 6.07) is 9.08. The maximum Gasteiger partial charge on any atom is 0.417 e. The molecule has 2 nitrogen and oxygen atoms in total. The van der Waals surface area contributed by atoms with Gasteiger partial charge in [-0.25, -0.2) is 8.78 Å². The van der Waals surface area contributed by atoms with Crippen molar-refractivity contribution in [2.75, 3.05) is 0 Å². The van der Waals surface area contributed by atoms with E-state index in [9.17, 15) is 26.7 Å². The first kappa shape index (κ1) is 18.0. The lowest BCUT2D eigenvalue weighted by Crippen LogP contribution is -2.33. The number of hydrogen-bond donors (Lipinski definition) is 1. The highest BCUT2D eigenvalue weighted by Gasteiger charge is 2.37. The summed E-state index contributed by atoms with van der Waals surface area (Å²) in [5, 5.41) is 2.01. The Balaban J connectivity index is 2.26. The fourth-order valence-electron chi connectivity index (χ4n) is 2.02. The van der Waals surface area contributed by atoms with Gasteiger partial charge in [-0.2, -0.15) is 13.2 Å². The number of alkyl halides is 3. The molecule has 8 heteroatoms. The first-order valence-corrected chi connectivity index (χ1v) is 7.04. The van der Waals surface area contributed by atoms with E-state index >= 15 is 0 Å².